The van der Waals surface area contributed by atoms with Gasteiger partial charge in [0.2, 0.25) is 0 Å². The van der Waals surface area contributed by atoms with Crippen molar-refractivity contribution >= 4 is 11.0 Å². The van der Waals surface area contributed by atoms with E-state index in [0.29, 0.717) is 0 Å². The Bertz CT molecular complexity index is 340. The fourth-order valence-electron chi connectivity index (χ4n) is 0.870. The van der Waals surface area contributed by atoms with Gasteiger partial charge in [-0.3, -0.25) is 0 Å². The summed E-state index contributed by atoms with van der Waals surface area (Å²) in [5.41, 5.74) is -0.280. The van der Waals surface area contributed by atoms with Crippen LogP contribution in [0.3, 0.4) is 0 Å². The topological polar surface area (TPSA) is 38.3 Å². The third kappa shape index (κ3) is 7.73. The molecule has 0 aliphatic rings. The van der Waals surface area contributed by atoms with Gasteiger partial charge in [-0.1, -0.05) is 13.8 Å². The molecule has 2 atom stereocenters. The summed E-state index contributed by atoms with van der Waals surface area (Å²) < 4.78 is 20.2. The molecule has 0 fully saturated rings. The molecule has 0 aromatic carbocycles. The average Bonchev–Trinajstić information content (AvgIpc) is 2.12. The highest BCUT2D eigenvalue weighted by Gasteiger charge is 2.23. The van der Waals surface area contributed by atoms with Crippen LogP contribution in [-0.2, 0) is 15.7 Å². The van der Waals surface area contributed by atoms with Crippen LogP contribution >= 0.6 is 0 Å². The van der Waals surface area contributed by atoms with Crippen molar-refractivity contribution in [1.82, 2.24) is 4.72 Å². The Labute approximate surface area is 115 Å². The second-order valence-electron chi connectivity index (χ2n) is 6.68. The summed E-state index contributed by atoms with van der Waals surface area (Å²) in [5.74, 6) is 3.27. The van der Waals surface area contributed by atoms with Crippen LogP contribution in [0.2, 0.25) is 0 Å². The molecule has 0 unspecified atom stereocenters. The van der Waals surface area contributed by atoms with E-state index >= 15 is 0 Å². The molecule has 0 heterocycles. The van der Waals surface area contributed by atoms with Crippen LogP contribution < -0.4 is 4.72 Å². The minimum Gasteiger partial charge on any atom is -0.441 e. The second-order valence-corrected chi connectivity index (χ2v) is 8.68. The molecule has 0 radical (unpaired) electrons. The average molecular weight is 273 g/mol. The van der Waals surface area contributed by atoms with Crippen molar-refractivity contribution in [2.45, 2.75) is 71.8 Å². The summed E-state index contributed by atoms with van der Waals surface area (Å²) in [6.45, 7) is 15.8. The summed E-state index contributed by atoms with van der Waals surface area (Å²) >= 11 is 0. The lowest BCUT2D eigenvalue weighted by Crippen LogP contribution is -2.41. The van der Waals surface area contributed by atoms with Crippen LogP contribution in [0.1, 0.15) is 55.4 Å². The maximum absolute atomic E-state index is 12.0. The Balaban J connectivity index is 4.65. The van der Waals surface area contributed by atoms with Crippen LogP contribution in [0.25, 0.3) is 0 Å². The number of nitrogens with one attached hydrogen (secondary N) is 1. The number of rotatable bonds is 3. The van der Waals surface area contributed by atoms with Crippen LogP contribution in [0.5, 0.6) is 0 Å². The van der Waals surface area contributed by atoms with Gasteiger partial charge in [0.05, 0.1) is 21.8 Å². The van der Waals surface area contributed by atoms with Crippen LogP contribution in [0, 0.1) is 17.9 Å². The van der Waals surface area contributed by atoms with Gasteiger partial charge in [0, 0.05) is 0 Å². The summed E-state index contributed by atoms with van der Waals surface area (Å²) in [6.07, 6.45) is 2.72. The van der Waals surface area contributed by atoms with E-state index in [1.54, 1.807) is 0 Å². The SMILES string of the molecule is CC(C)[C@H](C#COC(C)(C)C)N[S@@](=O)C(C)(C)C. The van der Waals surface area contributed by atoms with Crippen molar-refractivity contribution in [1.29, 1.82) is 0 Å². The number of hydrogen-bond acceptors (Lipinski definition) is 2. The molecule has 0 saturated carbocycles. The molecule has 0 bridgehead atoms. The lowest BCUT2D eigenvalue weighted by Gasteiger charge is -2.23. The van der Waals surface area contributed by atoms with Gasteiger partial charge in [0.25, 0.3) is 0 Å². The Morgan fingerprint density at radius 3 is 1.94 bits per heavy atom. The fraction of sp³-hybridized carbons (Fsp3) is 0.857. The molecule has 0 aliphatic heterocycles. The minimum absolute atomic E-state index is 0.132. The predicted molar refractivity (Wildman–Crippen MR) is 78.3 cm³/mol. The molecule has 0 aromatic heterocycles. The second kappa shape index (κ2) is 6.58. The molecular formula is C14H27NO2S. The lowest BCUT2D eigenvalue weighted by molar-refractivity contribution is 0.0959. The van der Waals surface area contributed by atoms with Crippen LogP contribution in [0.15, 0.2) is 0 Å². The Morgan fingerprint density at radius 1 is 1.11 bits per heavy atom. The molecular weight excluding hydrogens is 246 g/mol. The lowest BCUT2D eigenvalue weighted by atomic mass is 10.1. The molecule has 1 N–H and O–H groups in total. The van der Waals surface area contributed by atoms with Crippen molar-refractivity contribution in [3.05, 3.63) is 0 Å². The zero-order valence-electron chi connectivity index (χ0n) is 12.9. The third-order valence-corrected chi connectivity index (χ3v) is 3.61. The van der Waals surface area contributed by atoms with Crippen LogP contribution in [0.4, 0.5) is 0 Å². The molecule has 18 heavy (non-hydrogen) atoms. The van der Waals surface area contributed by atoms with Crippen molar-refractivity contribution < 1.29 is 8.95 Å². The van der Waals surface area contributed by atoms with Gasteiger partial charge in [0.15, 0.2) is 0 Å². The molecule has 0 aliphatic carbocycles. The minimum atomic E-state index is -1.12. The zero-order valence-corrected chi connectivity index (χ0v) is 13.7. The summed E-state index contributed by atoms with van der Waals surface area (Å²) in [7, 11) is -1.12. The highest BCUT2D eigenvalue weighted by atomic mass is 32.2. The van der Waals surface area contributed by atoms with E-state index in [9.17, 15) is 4.21 Å². The maximum atomic E-state index is 12.0. The molecule has 0 aromatic rings. The van der Waals surface area contributed by atoms with E-state index in [4.69, 9.17) is 4.74 Å². The monoisotopic (exact) mass is 273 g/mol. The first-order chi connectivity index (χ1) is 7.93. The summed E-state index contributed by atoms with van der Waals surface area (Å²) in [6, 6.07) is -0.132. The van der Waals surface area contributed by atoms with Gasteiger partial charge in [-0.05, 0) is 53.4 Å². The van der Waals surface area contributed by atoms with Gasteiger partial charge >= 0.3 is 0 Å². The van der Waals surface area contributed by atoms with E-state index in [1.165, 1.54) is 0 Å². The van der Waals surface area contributed by atoms with E-state index < -0.39 is 11.0 Å². The van der Waals surface area contributed by atoms with E-state index in [0.717, 1.165) is 0 Å². The van der Waals surface area contributed by atoms with Crippen molar-refractivity contribution in [3.8, 4) is 12.0 Å². The number of ether oxygens (including phenoxy) is 1. The summed E-state index contributed by atoms with van der Waals surface area (Å²) in [4.78, 5) is 0. The molecule has 0 rings (SSSR count). The summed E-state index contributed by atoms with van der Waals surface area (Å²) in [5, 5.41) is 0. The first-order valence-corrected chi connectivity index (χ1v) is 7.45. The van der Waals surface area contributed by atoms with Crippen molar-refractivity contribution in [3.63, 3.8) is 0 Å². The van der Waals surface area contributed by atoms with Crippen LogP contribution in [-0.4, -0.2) is 20.6 Å². The van der Waals surface area contributed by atoms with Crippen molar-refractivity contribution in [2.24, 2.45) is 5.92 Å². The van der Waals surface area contributed by atoms with E-state index in [1.807, 2.05) is 55.4 Å². The van der Waals surface area contributed by atoms with Gasteiger partial charge in [-0.2, -0.15) is 0 Å². The Kier molecular flexibility index (Phi) is 6.39. The standard InChI is InChI=1S/C14H27NO2S/c1-11(2)12(9-10-17-13(3,4)5)15-18(16)14(6,7)8/h11-12,15H,1-8H3/t12-,18-/m0/s1. The largest absolute Gasteiger partial charge is 0.441 e. The van der Waals surface area contributed by atoms with E-state index in [-0.39, 0.29) is 22.3 Å². The van der Waals surface area contributed by atoms with Crippen molar-refractivity contribution in [2.75, 3.05) is 0 Å². The fourth-order valence-corrected chi connectivity index (χ4v) is 1.79. The van der Waals surface area contributed by atoms with Gasteiger partial charge in [-0.15, -0.1) is 0 Å². The molecule has 0 spiro atoms. The highest BCUT2D eigenvalue weighted by molar-refractivity contribution is 7.84. The molecule has 3 nitrogen and oxygen atoms in total. The Hall–Kier alpha value is -0.530. The molecule has 0 amide bonds. The number of hydrogen-bond donors (Lipinski definition) is 1. The normalized spacial score (nSPS) is 15.8. The van der Waals surface area contributed by atoms with Gasteiger partial charge in [-0.25, -0.2) is 8.93 Å². The first-order valence-electron chi connectivity index (χ1n) is 6.30. The Morgan fingerprint density at radius 2 is 1.61 bits per heavy atom. The van der Waals surface area contributed by atoms with Gasteiger partial charge < -0.3 is 4.74 Å². The quantitative estimate of drug-likeness (QED) is 0.803. The van der Waals surface area contributed by atoms with E-state index in [2.05, 4.69) is 16.7 Å². The highest BCUT2D eigenvalue weighted by Crippen LogP contribution is 2.12. The third-order valence-electron chi connectivity index (χ3n) is 2.03. The van der Waals surface area contributed by atoms with Gasteiger partial charge in [0.1, 0.15) is 11.7 Å². The zero-order chi connectivity index (χ0) is 14.6. The molecule has 106 valence electrons. The molecule has 4 heteroatoms. The first kappa shape index (κ1) is 17.5. The molecule has 0 saturated heterocycles. The smallest absolute Gasteiger partial charge is 0.112 e. The predicted octanol–water partition coefficient (Wildman–Crippen LogP) is 2.84. The maximum Gasteiger partial charge on any atom is 0.112 e.